The van der Waals surface area contributed by atoms with Crippen molar-refractivity contribution in [2.45, 2.75) is 6.92 Å². The van der Waals surface area contributed by atoms with Gasteiger partial charge in [0.05, 0.1) is 24.1 Å². The van der Waals surface area contributed by atoms with Gasteiger partial charge >= 0.3 is 5.78 Å². The normalized spacial score (nSPS) is 9.65. The van der Waals surface area contributed by atoms with Gasteiger partial charge in [-0.1, -0.05) is 36.4 Å². The Hall–Kier alpha value is -2.40. The van der Waals surface area contributed by atoms with Gasteiger partial charge in [0.15, 0.2) is 0 Å². The van der Waals surface area contributed by atoms with E-state index in [0.717, 1.165) is 16.7 Å². The summed E-state index contributed by atoms with van der Waals surface area (Å²) in [5.41, 5.74) is 3.10. The molecule has 0 fully saturated rings. The first-order chi connectivity index (χ1) is 8.24. The molecule has 0 unspecified atom stereocenters. The minimum Gasteiger partial charge on any atom is -0.278 e. The fourth-order valence-electron chi connectivity index (χ4n) is 1.85. The van der Waals surface area contributed by atoms with E-state index in [1.54, 1.807) is 13.0 Å². The van der Waals surface area contributed by atoms with Crippen molar-refractivity contribution in [3.8, 4) is 17.2 Å². The maximum atomic E-state index is 9.66. The molecule has 82 valence electrons. The van der Waals surface area contributed by atoms with Gasteiger partial charge in [-0.2, -0.15) is 5.26 Å². The van der Waals surface area contributed by atoms with Crippen LogP contribution in [0.4, 0.5) is 0 Å². The SMILES string of the molecule is CC(=[OH+])c1ccccc1-c1ccccc1C#N. The number of nitrogens with zero attached hydrogens (tertiary/aromatic N) is 1. The second-order valence-electron chi connectivity index (χ2n) is 3.79. The first-order valence-corrected chi connectivity index (χ1v) is 5.35. The van der Waals surface area contributed by atoms with Crippen LogP contribution >= 0.6 is 0 Å². The van der Waals surface area contributed by atoms with Gasteiger partial charge in [0.25, 0.3) is 0 Å². The number of hydrogen-bond donors (Lipinski definition) is 0. The molecule has 1 N–H and O–H groups in total. The molecule has 0 amide bonds. The largest absolute Gasteiger partial charge is 0.321 e. The highest BCUT2D eigenvalue weighted by atomic mass is 16.1. The Bertz CT molecular complexity index is 608. The number of benzene rings is 2. The molecule has 0 aliphatic heterocycles. The maximum absolute atomic E-state index is 9.66. The van der Waals surface area contributed by atoms with E-state index in [0.29, 0.717) is 5.56 Å². The summed E-state index contributed by atoms with van der Waals surface area (Å²) in [6, 6.07) is 17.1. The van der Waals surface area contributed by atoms with Gasteiger partial charge in [-0.25, -0.2) is 0 Å². The molecule has 0 aromatic heterocycles. The molecular weight excluding hydrogens is 210 g/mol. The van der Waals surface area contributed by atoms with Gasteiger partial charge in [0.2, 0.25) is 0 Å². The van der Waals surface area contributed by atoms with Crippen molar-refractivity contribution in [1.29, 1.82) is 5.26 Å². The van der Waals surface area contributed by atoms with Crippen LogP contribution in [-0.2, 0) is 0 Å². The third-order valence-electron chi connectivity index (χ3n) is 2.65. The Kier molecular flexibility index (Phi) is 3.02. The van der Waals surface area contributed by atoms with Crippen molar-refractivity contribution in [2.75, 3.05) is 0 Å². The van der Waals surface area contributed by atoms with Crippen LogP contribution in [-0.4, -0.2) is 10.6 Å². The maximum Gasteiger partial charge on any atom is 0.321 e. The topological polar surface area (TPSA) is 45.2 Å². The molecule has 0 bridgehead atoms. The zero-order valence-electron chi connectivity index (χ0n) is 9.51. The van der Waals surface area contributed by atoms with Gasteiger partial charge in [-0.05, 0) is 17.7 Å². The van der Waals surface area contributed by atoms with E-state index in [-0.39, 0.29) is 5.78 Å². The Morgan fingerprint density at radius 1 is 1.00 bits per heavy atom. The summed E-state index contributed by atoms with van der Waals surface area (Å²) >= 11 is 0. The first-order valence-electron chi connectivity index (χ1n) is 5.35. The van der Waals surface area contributed by atoms with Crippen LogP contribution in [0.25, 0.3) is 11.1 Å². The molecule has 2 aromatic rings. The molecule has 0 radical (unpaired) electrons. The second-order valence-corrected chi connectivity index (χ2v) is 3.79. The summed E-state index contributed by atoms with van der Waals surface area (Å²) in [5, 5.41) is 9.09. The standard InChI is InChI=1S/C15H11NO/c1-11(17)13-7-4-5-9-15(13)14-8-3-2-6-12(14)10-16/h2-9H,1H3/p+1. The molecule has 2 rings (SSSR count). The molecule has 0 saturated heterocycles. The Morgan fingerprint density at radius 2 is 1.59 bits per heavy atom. The molecule has 0 spiro atoms. The molecule has 0 saturated carbocycles. The van der Waals surface area contributed by atoms with Gasteiger partial charge in [0.1, 0.15) is 0 Å². The lowest BCUT2D eigenvalue weighted by Crippen LogP contribution is -1.98. The zero-order chi connectivity index (χ0) is 12.3. The average molecular weight is 222 g/mol. The number of ketones is 1. The fraction of sp³-hybridized carbons (Fsp3) is 0.0667. The lowest BCUT2D eigenvalue weighted by atomic mass is 9.94. The summed E-state index contributed by atoms with van der Waals surface area (Å²) in [7, 11) is 0. The average Bonchev–Trinajstić information content (AvgIpc) is 2.38. The third kappa shape index (κ3) is 2.09. The molecule has 2 aromatic carbocycles. The fourth-order valence-corrected chi connectivity index (χ4v) is 1.85. The van der Waals surface area contributed by atoms with Crippen molar-refractivity contribution >= 4 is 5.78 Å². The molecule has 17 heavy (non-hydrogen) atoms. The Balaban J connectivity index is 2.69. The van der Waals surface area contributed by atoms with E-state index < -0.39 is 0 Å². The van der Waals surface area contributed by atoms with Crippen LogP contribution in [0.15, 0.2) is 48.5 Å². The smallest absolute Gasteiger partial charge is 0.278 e. The molecule has 0 atom stereocenters. The van der Waals surface area contributed by atoms with Gasteiger partial charge in [-0.3, -0.25) is 4.79 Å². The van der Waals surface area contributed by atoms with Crippen LogP contribution in [0.2, 0.25) is 0 Å². The third-order valence-corrected chi connectivity index (χ3v) is 2.65. The zero-order valence-corrected chi connectivity index (χ0v) is 9.51. The van der Waals surface area contributed by atoms with E-state index in [1.807, 2.05) is 42.5 Å². The molecule has 2 heteroatoms. The minimum atomic E-state index is 0.258. The Morgan fingerprint density at radius 3 is 2.24 bits per heavy atom. The predicted octanol–water partition coefficient (Wildman–Crippen LogP) is 3.14. The van der Waals surface area contributed by atoms with Crippen LogP contribution in [0.3, 0.4) is 0 Å². The van der Waals surface area contributed by atoms with Crippen LogP contribution in [0, 0.1) is 11.3 Å². The van der Waals surface area contributed by atoms with E-state index >= 15 is 0 Å². The Labute approximate surface area is 100 Å². The van der Waals surface area contributed by atoms with Crippen molar-refractivity contribution in [1.82, 2.24) is 0 Å². The molecular formula is C15H12NO+. The summed E-state index contributed by atoms with van der Waals surface area (Å²) in [6.45, 7) is 1.65. The van der Waals surface area contributed by atoms with Crippen LogP contribution < -0.4 is 0 Å². The van der Waals surface area contributed by atoms with Gasteiger partial charge in [-0.15, -0.1) is 0 Å². The van der Waals surface area contributed by atoms with Crippen molar-refractivity contribution in [2.24, 2.45) is 0 Å². The first kappa shape index (κ1) is 11.1. The summed E-state index contributed by atoms with van der Waals surface area (Å²) in [6.07, 6.45) is 0. The van der Waals surface area contributed by atoms with Gasteiger partial charge in [0, 0.05) is 5.56 Å². The molecule has 0 aliphatic carbocycles. The van der Waals surface area contributed by atoms with Gasteiger partial charge < -0.3 is 0 Å². The summed E-state index contributed by atoms with van der Waals surface area (Å²) in [5.74, 6) is 0.258. The highest BCUT2D eigenvalue weighted by Gasteiger charge is 2.14. The number of nitriles is 1. The number of hydrogen-bond acceptors (Lipinski definition) is 1. The minimum absolute atomic E-state index is 0.258. The number of carbonyl (C=O) groups excluding carboxylic acids is 1. The summed E-state index contributed by atoms with van der Waals surface area (Å²) in [4.78, 5) is 9.66. The molecule has 0 heterocycles. The highest BCUT2D eigenvalue weighted by Crippen LogP contribution is 2.26. The monoisotopic (exact) mass is 222 g/mol. The molecule has 0 aliphatic rings. The van der Waals surface area contributed by atoms with E-state index in [1.165, 1.54) is 0 Å². The summed E-state index contributed by atoms with van der Waals surface area (Å²) < 4.78 is 0. The van der Waals surface area contributed by atoms with E-state index in [2.05, 4.69) is 6.07 Å². The van der Waals surface area contributed by atoms with Crippen LogP contribution in [0.1, 0.15) is 18.1 Å². The second kappa shape index (κ2) is 4.63. The van der Waals surface area contributed by atoms with E-state index in [9.17, 15) is 4.79 Å². The number of rotatable bonds is 2. The lowest BCUT2D eigenvalue weighted by Gasteiger charge is -2.06. The van der Waals surface area contributed by atoms with Crippen molar-refractivity contribution < 1.29 is 4.79 Å². The quantitative estimate of drug-likeness (QED) is 0.568. The lowest BCUT2D eigenvalue weighted by molar-refractivity contribution is 0.675. The van der Waals surface area contributed by atoms with Crippen LogP contribution in [0.5, 0.6) is 0 Å². The predicted molar refractivity (Wildman–Crippen MR) is 68.3 cm³/mol. The van der Waals surface area contributed by atoms with Crippen molar-refractivity contribution in [3.05, 3.63) is 59.7 Å². The molecule has 2 nitrogen and oxygen atoms in total. The highest BCUT2D eigenvalue weighted by molar-refractivity contribution is 6.01. The van der Waals surface area contributed by atoms with E-state index in [4.69, 9.17) is 5.26 Å². The van der Waals surface area contributed by atoms with Crippen molar-refractivity contribution in [3.63, 3.8) is 0 Å².